The van der Waals surface area contributed by atoms with Gasteiger partial charge in [0, 0.05) is 30.5 Å². The number of primary amides is 1. The van der Waals surface area contributed by atoms with E-state index in [0.717, 1.165) is 5.01 Å². The van der Waals surface area contributed by atoms with Crippen molar-refractivity contribution in [3.8, 4) is 0 Å². The van der Waals surface area contributed by atoms with Crippen LogP contribution in [0.4, 0.5) is 10.5 Å². The first-order chi connectivity index (χ1) is 10.9. The molecule has 0 aromatic heterocycles. The SMILES string of the molecule is NC(=O)N1N=CC2(CCOCC2)C1S(=O)(=O)c1ccc(N)cc1. The van der Waals surface area contributed by atoms with Crippen LogP contribution in [0.2, 0.25) is 0 Å². The lowest BCUT2D eigenvalue weighted by Crippen LogP contribution is -2.52. The maximum Gasteiger partial charge on any atom is 0.336 e. The zero-order chi connectivity index (χ0) is 16.7. The fourth-order valence-corrected chi connectivity index (χ4v) is 5.18. The summed E-state index contributed by atoms with van der Waals surface area (Å²) in [4.78, 5) is 11.8. The number of amides is 2. The van der Waals surface area contributed by atoms with Gasteiger partial charge in [-0.25, -0.2) is 13.2 Å². The van der Waals surface area contributed by atoms with Crippen LogP contribution in [-0.4, -0.2) is 44.3 Å². The number of nitrogen functional groups attached to an aromatic ring is 1. The Labute approximate surface area is 134 Å². The summed E-state index contributed by atoms with van der Waals surface area (Å²) < 4.78 is 31.6. The number of sulfone groups is 1. The highest BCUT2D eigenvalue weighted by molar-refractivity contribution is 7.92. The summed E-state index contributed by atoms with van der Waals surface area (Å²) in [5.41, 5.74) is 10.6. The molecule has 0 saturated carbocycles. The molecule has 1 fully saturated rings. The highest BCUT2D eigenvalue weighted by Crippen LogP contribution is 2.43. The van der Waals surface area contributed by atoms with Gasteiger partial charge < -0.3 is 16.2 Å². The highest BCUT2D eigenvalue weighted by Gasteiger charge is 2.54. The second kappa shape index (κ2) is 5.50. The molecule has 9 heteroatoms. The number of hydrazone groups is 1. The summed E-state index contributed by atoms with van der Waals surface area (Å²) in [5, 5.41) is 3.67. The van der Waals surface area contributed by atoms with Gasteiger partial charge in [0.1, 0.15) is 0 Å². The molecule has 2 aliphatic heterocycles. The molecule has 0 aliphatic carbocycles. The molecule has 2 amide bonds. The van der Waals surface area contributed by atoms with Gasteiger partial charge in [0.25, 0.3) is 0 Å². The number of carbonyl (C=O) groups excluding carboxylic acids is 1. The summed E-state index contributed by atoms with van der Waals surface area (Å²) >= 11 is 0. The Kier molecular flexibility index (Phi) is 3.77. The van der Waals surface area contributed by atoms with Crippen LogP contribution in [0.3, 0.4) is 0 Å². The van der Waals surface area contributed by atoms with Crippen molar-refractivity contribution in [3.05, 3.63) is 24.3 Å². The Hall–Kier alpha value is -2.13. The number of hydrogen-bond acceptors (Lipinski definition) is 6. The monoisotopic (exact) mass is 338 g/mol. The molecule has 1 atom stereocenters. The normalized spacial score (nSPS) is 23.3. The first kappa shape index (κ1) is 15.8. The van der Waals surface area contributed by atoms with E-state index < -0.39 is 26.7 Å². The van der Waals surface area contributed by atoms with Crippen molar-refractivity contribution >= 4 is 27.8 Å². The van der Waals surface area contributed by atoms with Gasteiger partial charge in [0.15, 0.2) is 5.37 Å². The van der Waals surface area contributed by atoms with E-state index in [2.05, 4.69) is 5.10 Å². The van der Waals surface area contributed by atoms with Crippen molar-refractivity contribution < 1.29 is 17.9 Å². The molecule has 1 aromatic carbocycles. The fourth-order valence-electron chi connectivity index (χ4n) is 3.07. The van der Waals surface area contributed by atoms with Crippen molar-refractivity contribution in [1.29, 1.82) is 0 Å². The minimum atomic E-state index is -3.87. The summed E-state index contributed by atoms with van der Waals surface area (Å²) in [6, 6.07) is 4.97. The van der Waals surface area contributed by atoms with Crippen molar-refractivity contribution in [2.45, 2.75) is 23.1 Å². The molecule has 3 rings (SSSR count). The van der Waals surface area contributed by atoms with Gasteiger partial charge in [-0.05, 0) is 37.1 Å². The molecule has 8 nitrogen and oxygen atoms in total. The number of nitrogens with two attached hydrogens (primary N) is 2. The molecule has 1 unspecified atom stereocenters. The lowest BCUT2D eigenvalue weighted by molar-refractivity contribution is 0.0362. The van der Waals surface area contributed by atoms with Crippen LogP contribution in [0, 0.1) is 5.41 Å². The van der Waals surface area contributed by atoms with E-state index in [1.54, 1.807) is 0 Å². The molecule has 2 heterocycles. The molecular formula is C14H18N4O4S. The predicted octanol–water partition coefficient (Wildman–Crippen LogP) is 0.546. The second-order valence-electron chi connectivity index (χ2n) is 5.74. The number of rotatable bonds is 2. The van der Waals surface area contributed by atoms with Crippen LogP contribution < -0.4 is 11.5 Å². The van der Waals surface area contributed by atoms with Crippen molar-refractivity contribution in [2.24, 2.45) is 16.3 Å². The largest absolute Gasteiger partial charge is 0.399 e. The molecule has 4 N–H and O–H groups in total. The number of anilines is 1. The molecule has 1 saturated heterocycles. The van der Waals surface area contributed by atoms with E-state index in [9.17, 15) is 13.2 Å². The molecule has 0 radical (unpaired) electrons. The van der Waals surface area contributed by atoms with Crippen molar-refractivity contribution in [2.75, 3.05) is 18.9 Å². The lowest BCUT2D eigenvalue weighted by Gasteiger charge is -2.37. The lowest BCUT2D eigenvalue weighted by atomic mass is 9.81. The third kappa shape index (κ3) is 2.55. The Morgan fingerprint density at radius 1 is 1.26 bits per heavy atom. The molecule has 1 spiro atoms. The van der Waals surface area contributed by atoms with E-state index in [0.29, 0.717) is 31.7 Å². The summed E-state index contributed by atoms with van der Waals surface area (Å²) in [5.74, 6) is 0. The summed E-state index contributed by atoms with van der Waals surface area (Å²) in [7, 11) is -3.87. The zero-order valence-corrected chi connectivity index (χ0v) is 13.2. The molecular weight excluding hydrogens is 320 g/mol. The van der Waals surface area contributed by atoms with Crippen LogP contribution >= 0.6 is 0 Å². The van der Waals surface area contributed by atoms with E-state index in [4.69, 9.17) is 16.2 Å². The topological polar surface area (TPSA) is 128 Å². The van der Waals surface area contributed by atoms with Crippen LogP contribution in [0.15, 0.2) is 34.3 Å². The number of urea groups is 1. The van der Waals surface area contributed by atoms with Gasteiger partial charge in [-0.3, -0.25) is 0 Å². The molecule has 124 valence electrons. The number of benzene rings is 1. The maximum atomic E-state index is 13.1. The molecule has 23 heavy (non-hydrogen) atoms. The van der Waals surface area contributed by atoms with Gasteiger partial charge in [-0.15, -0.1) is 0 Å². The van der Waals surface area contributed by atoms with Gasteiger partial charge >= 0.3 is 6.03 Å². The first-order valence-corrected chi connectivity index (χ1v) is 8.72. The van der Waals surface area contributed by atoms with Crippen LogP contribution in [0.5, 0.6) is 0 Å². The zero-order valence-electron chi connectivity index (χ0n) is 12.4. The number of nitrogens with zero attached hydrogens (tertiary/aromatic N) is 2. The minimum absolute atomic E-state index is 0.0827. The smallest absolute Gasteiger partial charge is 0.336 e. The van der Waals surface area contributed by atoms with E-state index in [1.165, 1.54) is 30.5 Å². The molecule has 0 bridgehead atoms. The van der Waals surface area contributed by atoms with Crippen LogP contribution in [0.1, 0.15) is 12.8 Å². The quantitative estimate of drug-likeness (QED) is 0.761. The minimum Gasteiger partial charge on any atom is -0.399 e. The van der Waals surface area contributed by atoms with Crippen LogP contribution in [0.25, 0.3) is 0 Å². The maximum absolute atomic E-state index is 13.1. The summed E-state index contributed by atoms with van der Waals surface area (Å²) in [6.07, 6.45) is 2.44. The van der Waals surface area contributed by atoms with Crippen LogP contribution in [-0.2, 0) is 14.6 Å². The molecule has 1 aromatic rings. The van der Waals surface area contributed by atoms with Gasteiger partial charge in [0.05, 0.1) is 4.90 Å². The van der Waals surface area contributed by atoms with Crippen molar-refractivity contribution in [3.63, 3.8) is 0 Å². The van der Waals surface area contributed by atoms with E-state index >= 15 is 0 Å². The average molecular weight is 338 g/mol. The third-order valence-electron chi connectivity index (χ3n) is 4.31. The van der Waals surface area contributed by atoms with Gasteiger partial charge in [0.2, 0.25) is 9.84 Å². The Morgan fingerprint density at radius 2 is 1.87 bits per heavy atom. The number of ether oxygens (including phenoxy) is 1. The van der Waals surface area contributed by atoms with Gasteiger partial charge in [-0.1, -0.05) is 0 Å². The number of hydrogen-bond donors (Lipinski definition) is 2. The Bertz CT molecular complexity index is 739. The van der Waals surface area contributed by atoms with E-state index in [-0.39, 0.29) is 4.90 Å². The molecule has 2 aliphatic rings. The Balaban J connectivity index is 2.08. The van der Waals surface area contributed by atoms with Gasteiger partial charge in [-0.2, -0.15) is 10.1 Å². The number of carbonyl (C=O) groups is 1. The fraction of sp³-hybridized carbons (Fsp3) is 0.429. The van der Waals surface area contributed by atoms with Crippen molar-refractivity contribution in [1.82, 2.24) is 5.01 Å². The first-order valence-electron chi connectivity index (χ1n) is 7.18. The van der Waals surface area contributed by atoms with E-state index in [1.807, 2.05) is 0 Å². The standard InChI is InChI=1S/C14H18N4O4S/c15-10-1-3-11(4-2-10)23(20,21)12-14(5-7-22-8-6-14)9-17-18(12)13(16)19/h1-4,9,12H,5-8,15H2,(H2,16,19). The highest BCUT2D eigenvalue weighted by atomic mass is 32.2. The second-order valence-corrected chi connectivity index (χ2v) is 7.75. The summed E-state index contributed by atoms with van der Waals surface area (Å²) in [6.45, 7) is 0.818. The Morgan fingerprint density at radius 3 is 2.43 bits per heavy atom. The average Bonchev–Trinajstić information content (AvgIpc) is 2.88. The predicted molar refractivity (Wildman–Crippen MR) is 84.2 cm³/mol. The third-order valence-corrected chi connectivity index (χ3v) is 6.49.